The van der Waals surface area contributed by atoms with E-state index in [1.807, 2.05) is 29.2 Å². The molecule has 1 amide bonds. The number of amides is 1. The van der Waals surface area contributed by atoms with Crippen molar-refractivity contribution in [3.63, 3.8) is 0 Å². The van der Waals surface area contributed by atoms with Crippen molar-refractivity contribution in [2.75, 3.05) is 45.9 Å². The van der Waals surface area contributed by atoms with Gasteiger partial charge in [0, 0.05) is 32.1 Å². The van der Waals surface area contributed by atoms with E-state index in [4.69, 9.17) is 21.1 Å². The van der Waals surface area contributed by atoms with E-state index in [2.05, 4.69) is 4.90 Å². The number of hydrogen-bond donors (Lipinski definition) is 0. The van der Waals surface area contributed by atoms with Crippen LogP contribution >= 0.6 is 11.6 Å². The van der Waals surface area contributed by atoms with Crippen LogP contribution in [0.25, 0.3) is 0 Å². The van der Waals surface area contributed by atoms with Crippen LogP contribution in [-0.4, -0.2) is 67.7 Å². The lowest BCUT2D eigenvalue weighted by atomic mass is 9.99. The summed E-state index contributed by atoms with van der Waals surface area (Å²) in [4.78, 5) is 16.9. The highest BCUT2D eigenvalue weighted by Crippen LogP contribution is 2.41. The number of fused-ring (bicyclic) bond motifs is 1. The molecular formula is C19H25ClN2O3. The number of para-hydroxylation sites is 1. The Kier molecular flexibility index (Phi) is 5.15. The molecule has 1 aromatic carbocycles. The van der Waals surface area contributed by atoms with E-state index in [0.29, 0.717) is 23.4 Å². The predicted molar refractivity (Wildman–Crippen MR) is 95.9 cm³/mol. The van der Waals surface area contributed by atoms with Gasteiger partial charge in [-0.2, -0.15) is 0 Å². The lowest BCUT2D eigenvalue weighted by Gasteiger charge is -2.28. The fourth-order valence-corrected chi connectivity index (χ4v) is 4.50. The summed E-state index contributed by atoms with van der Waals surface area (Å²) >= 11 is 6.23. The molecule has 2 aliphatic heterocycles. The van der Waals surface area contributed by atoms with Gasteiger partial charge >= 0.3 is 0 Å². The molecule has 0 unspecified atom stereocenters. The van der Waals surface area contributed by atoms with Gasteiger partial charge in [0.15, 0.2) is 0 Å². The van der Waals surface area contributed by atoms with Gasteiger partial charge in [-0.3, -0.25) is 9.69 Å². The molecule has 4 rings (SSSR count). The molecule has 5 nitrogen and oxygen atoms in total. The molecular weight excluding hydrogens is 340 g/mol. The summed E-state index contributed by atoms with van der Waals surface area (Å²) in [6.45, 7) is 5.35. The first-order valence-electron chi connectivity index (χ1n) is 9.20. The smallest absolute Gasteiger partial charge is 0.236 e. The minimum atomic E-state index is 0.158. The van der Waals surface area contributed by atoms with E-state index in [0.717, 1.165) is 58.0 Å². The first-order valence-corrected chi connectivity index (χ1v) is 9.57. The fraction of sp³-hybridized carbons (Fsp3) is 0.632. The van der Waals surface area contributed by atoms with Crippen LogP contribution in [0.1, 0.15) is 12.8 Å². The molecule has 0 radical (unpaired) electrons. The van der Waals surface area contributed by atoms with Crippen molar-refractivity contribution in [3.05, 3.63) is 29.3 Å². The molecule has 1 saturated carbocycles. The first-order chi connectivity index (χ1) is 12.2. The SMILES string of the molecule is O=C(CN1CCOCC1)N1C[C@@H]2CC[C@H](Oc3ccccc3Cl)[C@@H]2C1. The van der Waals surface area contributed by atoms with Gasteiger partial charge in [-0.05, 0) is 30.9 Å². The number of ether oxygens (including phenoxy) is 2. The maximum absolute atomic E-state index is 12.6. The Morgan fingerprint density at radius 2 is 2.00 bits per heavy atom. The maximum Gasteiger partial charge on any atom is 0.236 e. The summed E-state index contributed by atoms with van der Waals surface area (Å²) in [7, 11) is 0. The Hall–Kier alpha value is -1.30. The monoisotopic (exact) mass is 364 g/mol. The quantitative estimate of drug-likeness (QED) is 0.822. The molecule has 3 atom stereocenters. The number of carbonyl (C=O) groups is 1. The fourth-order valence-electron chi connectivity index (χ4n) is 4.32. The normalized spacial score (nSPS) is 29.6. The second-order valence-corrected chi connectivity index (χ2v) is 7.68. The van der Waals surface area contributed by atoms with E-state index in [1.54, 1.807) is 0 Å². The van der Waals surface area contributed by atoms with E-state index in [-0.39, 0.29) is 12.0 Å². The van der Waals surface area contributed by atoms with E-state index < -0.39 is 0 Å². The average molecular weight is 365 g/mol. The number of likely N-dealkylation sites (tertiary alicyclic amines) is 1. The third-order valence-corrected chi connectivity index (χ3v) is 6.03. The number of hydrogen-bond acceptors (Lipinski definition) is 4. The minimum Gasteiger partial charge on any atom is -0.489 e. The van der Waals surface area contributed by atoms with Crippen molar-refractivity contribution in [2.24, 2.45) is 11.8 Å². The number of rotatable bonds is 4. The highest BCUT2D eigenvalue weighted by Gasteiger charge is 2.45. The number of halogens is 1. The molecule has 1 aromatic rings. The molecule has 2 heterocycles. The molecule has 6 heteroatoms. The predicted octanol–water partition coefficient (Wildman–Crippen LogP) is 2.29. The van der Waals surface area contributed by atoms with Gasteiger partial charge in [-0.1, -0.05) is 23.7 Å². The zero-order chi connectivity index (χ0) is 17.2. The van der Waals surface area contributed by atoms with Gasteiger partial charge in [0.1, 0.15) is 11.9 Å². The molecule has 0 bridgehead atoms. The summed E-state index contributed by atoms with van der Waals surface area (Å²) in [6.07, 6.45) is 2.33. The highest BCUT2D eigenvalue weighted by molar-refractivity contribution is 6.32. The molecule has 25 heavy (non-hydrogen) atoms. The van der Waals surface area contributed by atoms with Gasteiger partial charge in [-0.25, -0.2) is 0 Å². The van der Waals surface area contributed by atoms with Crippen LogP contribution in [0.5, 0.6) is 5.75 Å². The topological polar surface area (TPSA) is 42.0 Å². The van der Waals surface area contributed by atoms with Crippen LogP contribution in [0, 0.1) is 11.8 Å². The molecule has 0 N–H and O–H groups in total. The van der Waals surface area contributed by atoms with Crippen LogP contribution in [0.4, 0.5) is 0 Å². The zero-order valence-electron chi connectivity index (χ0n) is 14.4. The third-order valence-electron chi connectivity index (χ3n) is 5.72. The number of benzene rings is 1. The van der Waals surface area contributed by atoms with Crippen molar-refractivity contribution >= 4 is 17.5 Å². The Labute approximate surface area is 153 Å². The Morgan fingerprint density at radius 1 is 1.20 bits per heavy atom. The van der Waals surface area contributed by atoms with Crippen molar-refractivity contribution in [1.82, 2.24) is 9.80 Å². The van der Waals surface area contributed by atoms with Gasteiger partial charge in [0.05, 0.1) is 24.8 Å². The zero-order valence-corrected chi connectivity index (χ0v) is 15.2. The number of morpholine rings is 1. The Bertz CT molecular complexity index is 620. The van der Waals surface area contributed by atoms with E-state index in [9.17, 15) is 4.79 Å². The molecule has 3 aliphatic rings. The largest absolute Gasteiger partial charge is 0.489 e. The Morgan fingerprint density at radius 3 is 2.80 bits per heavy atom. The lowest BCUT2D eigenvalue weighted by molar-refractivity contribution is -0.132. The van der Waals surface area contributed by atoms with E-state index >= 15 is 0 Å². The lowest BCUT2D eigenvalue weighted by Crippen LogP contribution is -2.44. The van der Waals surface area contributed by atoms with Crippen LogP contribution in [-0.2, 0) is 9.53 Å². The average Bonchev–Trinajstić information content (AvgIpc) is 3.20. The second-order valence-electron chi connectivity index (χ2n) is 7.28. The highest BCUT2D eigenvalue weighted by atomic mass is 35.5. The Balaban J connectivity index is 1.34. The van der Waals surface area contributed by atoms with Crippen molar-refractivity contribution in [1.29, 1.82) is 0 Å². The van der Waals surface area contributed by atoms with Crippen LogP contribution in [0.15, 0.2) is 24.3 Å². The standard InChI is InChI=1S/C19H25ClN2O3/c20-16-3-1-2-4-18(16)25-17-6-5-14-11-22(12-15(14)17)19(23)13-21-7-9-24-10-8-21/h1-4,14-15,17H,5-13H2/t14-,15+,17-/m0/s1. The second kappa shape index (κ2) is 7.52. The number of carbonyl (C=O) groups excluding carboxylic acids is 1. The van der Waals surface area contributed by atoms with Gasteiger partial charge in [-0.15, -0.1) is 0 Å². The van der Waals surface area contributed by atoms with Gasteiger partial charge in [0.25, 0.3) is 0 Å². The minimum absolute atomic E-state index is 0.158. The molecule has 136 valence electrons. The van der Waals surface area contributed by atoms with Crippen LogP contribution < -0.4 is 4.74 Å². The maximum atomic E-state index is 12.6. The number of nitrogens with zero attached hydrogens (tertiary/aromatic N) is 2. The van der Waals surface area contributed by atoms with Gasteiger partial charge in [0.2, 0.25) is 5.91 Å². The molecule has 1 aliphatic carbocycles. The van der Waals surface area contributed by atoms with Gasteiger partial charge < -0.3 is 14.4 Å². The summed E-state index contributed by atoms with van der Waals surface area (Å²) in [6, 6.07) is 7.64. The summed E-state index contributed by atoms with van der Waals surface area (Å²) in [5.41, 5.74) is 0. The van der Waals surface area contributed by atoms with Crippen molar-refractivity contribution < 1.29 is 14.3 Å². The molecule has 0 aromatic heterocycles. The molecule has 2 saturated heterocycles. The van der Waals surface area contributed by atoms with E-state index in [1.165, 1.54) is 0 Å². The molecule has 3 fully saturated rings. The van der Waals surface area contributed by atoms with Crippen LogP contribution in [0.3, 0.4) is 0 Å². The molecule has 0 spiro atoms. The third kappa shape index (κ3) is 3.78. The van der Waals surface area contributed by atoms with Crippen molar-refractivity contribution in [3.8, 4) is 5.75 Å². The summed E-state index contributed by atoms with van der Waals surface area (Å²) < 4.78 is 11.6. The first kappa shape index (κ1) is 17.1. The van der Waals surface area contributed by atoms with Crippen molar-refractivity contribution in [2.45, 2.75) is 18.9 Å². The summed E-state index contributed by atoms with van der Waals surface area (Å²) in [5, 5.41) is 0.657. The van der Waals surface area contributed by atoms with Crippen LogP contribution in [0.2, 0.25) is 5.02 Å². The summed E-state index contributed by atoms with van der Waals surface area (Å²) in [5.74, 6) is 1.98.